The number of anilines is 1. The summed E-state index contributed by atoms with van der Waals surface area (Å²) in [5.41, 5.74) is 0.747. The number of nitro benzene ring substituents is 1. The first-order valence-electron chi connectivity index (χ1n) is 7.68. The highest BCUT2D eigenvalue weighted by molar-refractivity contribution is 8.03. The fourth-order valence-electron chi connectivity index (χ4n) is 2.58. The Balaban J connectivity index is 1.90. The number of hydrogen-bond donors (Lipinski definition) is 1. The molecule has 1 N–H and O–H groups in total. The van der Waals surface area contributed by atoms with Crippen LogP contribution in [-0.4, -0.2) is 20.9 Å². The monoisotopic (exact) mass is 379 g/mol. The zero-order valence-corrected chi connectivity index (χ0v) is 14.7. The highest BCUT2D eigenvalue weighted by atomic mass is 32.2. The van der Waals surface area contributed by atoms with E-state index in [9.17, 15) is 24.4 Å². The predicted molar refractivity (Wildman–Crippen MR) is 104 cm³/mol. The Kier molecular flexibility index (Phi) is 4.62. The molecule has 27 heavy (non-hydrogen) atoms. The lowest BCUT2D eigenvalue weighted by molar-refractivity contribution is -0.385. The molecular weight excluding hydrogens is 366 g/mol. The van der Waals surface area contributed by atoms with Crippen LogP contribution in [0.4, 0.5) is 11.4 Å². The average Bonchev–Trinajstić information content (AvgIpc) is 2.94. The first-order valence-corrected chi connectivity index (χ1v) is 9.47. The van der Waals surface area contributed by atoms with E-state index in [1.165, 1.54) is 23.6 Å². The topological polar surface area (TPSA) is 113 Å². The van der Waals surface area contributed by atoms with E-state index in [0.29, 0.717) is 10.6 Å². The molecule has 7 nitrogen and oxygen atoms in total. The van der Waals surface area contributed by atoms with Crippen LogP contribution in [0.2, 0.25) is 0 Å². The Morgan fingerprint density at radius 2 is 2.04 bits per heavy atom. The van der Waals surface area contributed by atoms with Crippen LogP contribution >= 0.6 is 0 Å². The number of benzene rings is 2. The van der Waals surface area contributed by atoms with Crippen LogP contribution in [-0.2, 0) is 14.3 Å². The minimum absolute atomic E-state index is 0.146. The van der Waals surface area contributed by atoms with E-state index in [4.69, 9.17) is 0 Å². The molecule has 1 amide bonds. The Bertz CT molecular complexity index is 1170. The number of nitriles is 1. The Morgan fingerprint density at radius 1 is 1.30 bits per heavy atom. The fourth-order valence-corrected chi connectivity index (χ4v) is 3.96. The van der Waals surface area contributed by atoms with Crippen LogP contribution in [0, 0.1) is 21.4 Å². The van der Waals surface area contributed by atoms with Crippen LogP contribution in [0.15, 0.2) is 58.3 Å². The molecule has 1 unspecified atom stereocenters. The zero-order chi connectivity index (χ0) is 19.6. The van der Waals surface area contributed by atoms with Gasteiger partial charge < -0.3 is 5.32 Å². The van der Waals surface area contributed by atoms with Gasteiger partial charge in [0.2, 0.25) is 0 Å². The summed E-state index contributed by atoms with van der Waals surface area (Å²) in [4.78, 5) is 23.4. The van der Waals surface area contributed by atoms with E-state index in [1.807, 2.05) is 0 Å². The molecular formula is C19H13N3O4S. The maximum absolute atomic E-state index is 12.4. The Morgan fingerprint density at radius 3 is 2.74 bits per heavy atom. The molecule has 3 rings (SSSR count). The molecule has 0 bridgehead atoms. The predicted octanol–water partition coefficient (Wildman–Crippen LogP) is 3.20. The van der Waals surface area contributed by atoms with Crippen molar-refractivity contribution in [3.8, 4) is 6.07 Å². The molecule has 0 fully saturated rings. The lowest BCUT2D eigenvalue weighted by Crippen LogP contribution is -2.14. The molecule has 0 radical (unpaired) electrons. The lowest BCUT2D eigenvalue weighted by Gasteiger charge is -2.08. The maximum Gasteiger partial charge on any atom is 0.276 e. The highest BCUT2D eigenvalue weighted by Gasteiger charge is 2.18. The molecule has 134 valence electrons. The summed E-state index contributed by atoms with van der Waals surface area (Å²) in [5, 5.41) is 24.4. The van der Waals surface area contributed by atoms with Gasteiger partial charge in [0, 0.05) is 26.2 Å². The third-order valence-corrected chi connectivity index (χ3v) is 5.58. The van der Waals surface area contributed by atoms with Gasteiger partial charge in [-0.15, -0.1) is 0 Å². The summed E-state index contributed by atoms with van der Waals surface area (Å²) in [6.45, 7) is 0. The normalized spacial score (nSPS) is 17.8. The Hall–Kier alpha value is -3.70. The van der Waals surface area contributed by atoms with Gasteiger partial charge in [-0.05, 0) is 47.2 Å². The summed E-state index contributed by atoms with van der Waals surface area (Å²) >= 11 is 0. The maximum atomic E-state index is 12.4. The van der Waals surface area contributed by atoms with Crippen LogP contribution in [0.3, 0.4) is 0 Å². The van der Waals surface area contributed by atoms with E-state index in [2.05, 4.69) is 11.2 Å². The molecule has 0 aliphatic carbocycles. The summed E-state index contributed by atoms with van der Waals surface area (Å²) in [5.74, 6) is 2.94. The van der Waals surface area contributed by atoms with Crippen molar-refractivity contribution in [1.82, 2.24) is 0 Å². The second-order valence-corrected chi connectivity index (χ2v) is 7.89. The minimum Gasteiger partial charge on any atom is -0.321 e. The summed E-state index contributed by atoms with van der Waals surface area (Å²) in [7, 11) is -2.54. The van der Waals surface area contributed by atoms with Crippen molar-refractivity contribution in [2.24, 2.45) is 0 Å². The molecule has 0 saturated heterocycles. The van der Waals surface area contributed by atoms with Gasteiger partial charge in [0.25, 0.3) is 11.6 Å². The summed E-state index contributed by atoms with van der Waals surface area (Å²) < 4.78 is 12.3. The molecule has 0 aromatic heterocycles. The van der Waals surface area contributed by atoms with Crippen molar-refractivity contribution in [3.05, 3.63) is 74.7 Å². The van der Waals surface area contributed by atoms with E-state index in [1.54, 1.807) is 36.4 Å². The van der Waals surface area contributed by atoms with E-state index < -0.39 is 20.4 Å². The molecule has 0 saturated carbocycles. The molecule has 1 atom stereocenters. The van der Waals surface area contributed by atoms with E-state index >= 15 is 0 Å². The van der Waals surface area contributed by atoms with Gasteiger partial charge in [0.05, 0.1) is 10.5 Å². The summed E-state index contributed by atoms with van der Waals surface area (Å²) in [6, 6.07) is 12.4. The summed E-state index contributed by atoms with van der Waals surface area (Å²) in [6.07, 6.45) is 2.86. The minimum atomic E-state index is -2.54. The van der Waals surface area contributed by atoms with Crippen molar-refractivity contribution in [2.45, 2.75) is 4.90 Å². The van der Waals surface area contributed by atoms with Crippen molar-refractivity contribution in [1.29, 1.82) is 5.26 Å². The van der Waals surface area contributed by atoms with Crippen molar-refractivity contribution < 1.29 is 13.9 Å². The molecule has 2 aromatic rings. The molecule has 1 aliphatic heterocycles. The van der Waals surface area contributed by atoms with Crippen molar-refractivity contribution >= 4 is 44.8 Å². The number of hydrogen-bond acceptors (Lipinski definition) is 5. The van der Waals surface area contributed by atoms with Crippen LogP contribution in [0.5, 0.6) is 0 Å². The number of rotatable bonds is 4. The SMILES string of the molecule is C=S1(=O)C=Cc2ccc(NC(=O)/C(C#N)=C/c3ccccc3[N+](=O)[O-])cc21. The average molecular weight is 379 g/mol. The number of amides is 1. The third-order valence-electron chi connectivity index (χ3n) is 3.91. The second-order valence-electron chi connectivity index (χ2n) is 5.72. The molecule has 1 heterocycles. The largest absolute Gasteiger partial charge is 0.321 e. The number of nitro groups is 1. The number of nitrogens with zero attached hydrogens (tertiary/aromatic N) is 2. The van der Waals surface area contributed by atoms with Gasteiger partial charge in [-0.25, -0.2) is 0 Å². The van der Waals surface area contributed by atoms with Gasteiger partial charge in [0.15, 0.2) is 0 Å². The van der Waals surface area contributed by atoms with Crippen molar-refractivity contribution in [2.75, 3.05) is 5.32 Å². The fraction of sp³-hybridized carbons (Fsp3) is 0. The van der Waals surface area contributed by atoms with E-state index in [-0.39, 0.29) is 16.8 Å². The number of nitrogens with one attached hydrogen (secondary N) is 1. The first kappa shape index (κ1) is 18.1. The van der Waals surface area contributed by atoms with Gasteiger partial charge in [-0.3, -0.25) is 19.1 Å². The quantitative estimate of drug-likeness (QED) is 0.288. The van der Waals surface area contributed by atoms with Gasteiger partial charge in [-0.1, -0.05) is 18.2 Å². The van der Waals surface area contributed by atoms with Gasteiger partial charge in [-0.2, -0.15) is 5.26 Å². The van der Waals surface area contributed by atoms with E-state index in [0.717, 1.165) is 11.6 Å². The number of carbonyl (C=O) groups is 1. The number of carbonyl (C=O) groups excluding carboxylic acids is 1. The number of para-hydroxylation sites is 1. The van der Waals surface area contributed by atoms with Crippen molar-refractivity contribution in [3.63, 3.8) is 0 Å². The van der Waals surface area contributed by atoms with Crippen LogP contribution in [0.1, 0.15) is 11.1 Å². The third kappa shape index (κ3) is 3.63. The lowest BCUT2D eigenvalue weighted by atomic mass is 10.1. The van der Waals surface area contributed by atoms with Gasteiger partial charge in [0.1, 0.15) is 11.6 Å². The number of fused-ring (bicyclic) bond motifs is 1. The molecule has 1 aliphatic rings. The van der Waals surface area contributed by atoms with Crippen LogP contribution < -0.4 is 5.32 Å². The highest BCUT2D eigenvalue weighted by Crippen LogP contribution is 2.29. The van der Waals surface area contributed by atoms with Crippen LogP contribution in [0.25, 0.3) is 12.2 Å². The molecule has 8 heteroatoms. The first-order chi connectivity index (χ1) is 12.8. The Labute approximate surface area is 155 Å². The molecule has 0 spiro atoms. The second kappa shape index (κ2) is 6.90. The smallest absolute Gasteiger partial charge is 0.276 e. The molecule has 2 aromatic carbocycles. The zero-order valence-electron chi connectivity index (χ0n) is 13.9. The standard InChI is InChI=1S/C19H13N3O4S/c1-27(26)9-8-13-6-7-16(11-18(13)27)21-19(23)15(12-20)10-14-4-2-3-5-17(14)22(24)25/h2-11H,1H2,(H,21,23)/b15-10+. The van der Waals surface area contributed by atoms with Gasteiger partial charge >= 0.3 is 0 Å².